The molecule has 0 saturated heterocycles. The fourth-order valence-corrected chi connectivity index (χ4v) is 2.51. The average Bonchev–Trinajstić information content (AvgIpc) is 2.75. The Morgan fingerprint density at radius 1 is 1.42 bits per heavy atom. The van der Waals surface area contributed by atoms with Gasteiger partial charge in [-0.05, 0) is 28.9 Å². The molecule has 0 aliphatic rings. The first-order chi connectivity index (χ1) is 9.24. The highest BCUT2D eigenvalue weighted by molar-refractivity contribution is 9.10. The number of methoxy groups -OCH3 is 1. The molecule has 19 heavy (non-hydrogen) atoms. The fourth-order valence-electron chi connectivity index (χ4n) is 1.93. The van der Waals surface area contributed by atoms with Gasteiger partial charge in [0.05, 0.1) is 42.2 Å². The van der Waals surface area contributed by atoms with Crippen LogP contribution in [0.4, 0.5) is 0 Å². The Morgan fingerprint density at radius 2 is 2.21 bits per heavy atom. The summed E-state index contributed by atoms with van der Waals surface area (Å²) in [6.45, 7) is 7.90. The van der Waals surface area contributed by atoms with Crippen LogP contribution in [-0.4, -0.2) is 43.3 Å². The van der Waals surface area contributed by atoms with Crippen LogP contribution in [0.3, 0.4) is 0 Å². The summed E-state index contributed by atoms with van der Waals surface area (Å²) in [5.74, 6) is 0. The molecule has 1 rings (SSSR count). The van der Waals surface area contributed by atoms with Crippen molar-refractivity contribution in [3.05, 3.63) is 16.4 Å². The van der Waals surface area contributed by atoms with Crippen LogP contribution in [0, 0.1) is 0 Å². The van der Waals surface area contributed by atoms with Crippen LogP contribution in [0.25, 0.3) is 0 Å². The molecular weight excluding hydrogens is 310 g/mol. The average molecular weight is 334 g/mol. The molecular formula is C13H24BrN3O2. The van der Waals surface area contributed by atoms with E-state index in [0.717, 1.165) is 29.7 Å². The topological polar surface area (TPSA) is 48.3 Å². The maximum atomic E-state index is 5.65. The number of hydrogen-bond acceptors (Lipinski definition) is 4. The molecule has 1 heterocycles. The van der Waals surface area contributed by atoms with E-state index in [1.807, 2.05) is 10.9 Å². The van der Waals surface area contributed by atoms with Crippen molar-refractivity contribution in [2.24, 2.45) is 0 Å². The molecule has 1 aromatic rings. The van der Waals surface area contributed by atoms with Gasteiger partial charge in [0.25, 0.3) is 0 Å². The molecule has 5 nitrogen and oxygen atoms in total. The zero-order chi connectivity index (χ0) is 14.1. The first-order valence-corrected chi connectivity index (χ1v) is 7.55. The normalized spacial score (nSPS) is 12.8. The first kappa shape index (κ1) is 16.6. The number of ether oxygens (including phenoxy) is 2. The molecule has 0 fully saturated rings. The number of nitrogens with one attached hydrogen (secondary N) is 1. The van der Waals surface area contributed by atoms with E-state index in [-0.39, 0.29) is 6.04 Å². The molecule has 1 atom stereocenters. The second-order valence-electron chi connectivity index (χ2n) is 4.28. The standard InChI is InChI=1S/C13H24BrN3O2/c1-4-6-17-13(11(14)9-16-17)12(15-5-2)10-19-8-7-18-3/h9,12,15H,4-8,10H2,1-3H3. The van der Waals surface area contributed by atoms with Gasteiger partial charge in [0.2, 0.25) is 0 Å². The Kier molecular flexibility index (Phi) is 8.29. The minimum atomic E-state index is 0.144. The summed E-state index contributed by atoms with van der Waals surface area (Å²) >= 11 is 3.58. The summed E-state index contributed by atoms with van der Waals surface area (Å²) in [5.41, 5.74) is 1.15. The smallest absolute Gasteiger partial charge is 0.0741 e. The molecule has 0 saturated carbocycles. The van der Waals surface area contributed by atoms with Gasteiger partial charge in [-0.3, -0.25) is 4.68 Å². The summed E-state index contributed by atoms with van der Waals surface area (Å²) in [6.07, 6.45) is 2.91. The van der Waals surface area contributed by atoms with E-state index in [0.29, 0.717) is 19.8 Å². The summed E-state index contributed by atoms with van der Waals surface area (Å²) in [6, 6.07) is 0.144. The van der Waals surface area contributed by atoms with Gasteiger partial charge in [0, 0.05) is 13.7 Å². The lowest BCUT2D eigenvalue weighted by Gasteiger charge is -2.20. The van der Waals surface area contributed by atoms with Crippen LogP contribution in [0.1, 0.15) is 32.0 Å². The molecule has 0 amide bonds. The van der Waals surface area contributed by atoms with Crippen LogP contribution in [0.2, 0.25) is 0 Å². The maximum Gasteiger partial charge on any atom is 0.0741 e. The summed E-state index contributed by atoms with van der Waals surface area (Å²) in [4.78, 5) is 0. The monoisotopic (exact) mass is 333 g/mol. The third-order valence-electron chi connectivity index (χ3n) is 2.77. The molecule has 1 aromatic heterocycles. The minimum absolute atomic E-state index is 0.144. The van der Waals surface area contributed by atoms with Crippen molar-refractivity contribution < 1.29 is 9.47 Å². The molecule has 1 unspecified atom stereocenters. The van der Waals surface area contributed by atoms with Gasteiger partial charge in [0.15, 0.2) is 0 Å². The van der Waals surface area contributed by atoms with Crippen LogP contribution in [0.15, 0.2) is 10.7 Å². The lowest BCUT2D eigenvalue weighted by Crippen LogP contribution is -2.28. The van der Waals surface area contributed by atoms with Crippen molar-refractivity contribution in [2.45, 2.75) is 32.9 Å². The summed E-state index contributed by atoms with van der Waals surface area (Å²) in [7, 11) is 1.68. The Morgan fingerprint density at radius 3 is 2.84 bits per heavy atom. The Bertz CT molecular complexity index is 358. The quantitative estimate of drug-likeness (QED) is 0.668. The Hall–Kier alpha value is -0.430. The van der Waals surface area contributed by atoms with Gasteiger partial charge in [0.1, 0.15) is 0 Å². The summed E-state index contributed by atoms with van der Waals surface area (Å²) < 4.78 is 13.7. The highest BCUT2D eigenvalue weighted by atomic mass is 79.9. The highest BCUT2D eigenvalue weighted by Gasteiger charge is 2.19. The van der Waals surface area contributed by atoms with Crippen LogP contribution < -0.4 is 5.32 Å². The predicted molar refractivity (Wildman–Crippen MR) is 79.3 cm³/mol. The zero-order valence-electron chi connectivity index (χ0n) is 12.0. The van der Waals surface area contributed by atoms with Gasteiger partial charge in [-0.25, -0.2) is 0 Å². The third kappa shape index (κ3) is 5.22. The van der Waals surface area contributed by atoms with Crippen molar-refractivity contribution in [2.75, 3.05) is 33.5 Å². The van der Waals surface area contributed by atoms with Crippen molar-refractivity contribution in [1.29, 1.82) is 0 Å². The fraction of sp³-hybridized carbons (Fsp3) is 0.769. The first-order valence-electron chi connectivity index (χ1n) is 6.75. The molecule has 0 aliphatic carbocycles. The van der Waals surface area contributed by atoms with E-state index in [2.05, 4.69) is 40.2 Å². The minimum Gasteiger partial charge on any atom is -0.382 e. The Balaban J connectivity index is 2.70. The van der Waals surface area contributed by atoms with Crippen molar-refractivity contribution >= 4 is 15.9 Å². The molecule has 0 bridgehead atoms. The van der Waals surface area contributed by atoms with E-state index in [1.54, 1.807) is 7.11 Å². The van der Waals surface area contributed by atoms with Crippen molar-refractivity contribution in [3.8, 4) is 0 Å². The number of likely N-dealkylation sites (N-methyl/N-ethyl adjacent to an activating group) is 1. The van der Waals surface area contributed by atoms with Crippen molar-refractivity contribution in [1.82, 2.24) is 15.1 Å². The van der Waals surface area contributed by atoms with E-state index < -0.39 is 0 Å². The number of aromatic nitrogens is 2. The SMILES string of the molecule is CCCn1ncc(Br)c1C(COCCOC)NCC. The van der Waals surface area contributed by atoms with Gasteiger partial charge in [-0.1, -0.05) is 13.8 Å². The second-order valence-corrected chi connectivity index (χ2v) is 5.13. The molecule has 6 heteroatoms. The lowest BCUT2D eigenvalue weighted by molar-refractivity contribution is 0.0574. The Labute approximate surface area is 123 Å². The largest absolute Gasteiger partial charge is 0.382 e. The van der Waals surface area contributed by atoms with E-state index in [1.165, 1.54) is 0 Å². The molecule has 0 radical (unpaired) electrons. The van der Waals surface area contributed by atoms with Crippen LogP contribution in [0.5, 0.6) is 0 Å². The highest BCUT2D eigenvalue weighted by Crippen LogP contribution is 2.24. The molecule has 0 aliphatic heterocycles. The lowest BCUT2D eigenvalue weighted by atomic mass is 10.2. The molecule has 1 N–H and O–H groups in total. The predicted octanol–water partition coefficient (Wildman–Crippen LogP) is 2.37. The van der Waals surface area contributed by atoms with Gasteiger partial charge in [-0.15, -0.1) is 0 Å². The molecule has 0 spiro atoms. The maximum absolute atomic E-state index is 5.65. The molecule has 0 aromatic carbocycles. The number of hydrogen-bond donors (Lipinski definition) is 1. The van der Waals surface area contributed by atoms with E-state index in [4.69, 9.17) is 9.47 Å². The second kappa shape index (κ2) is 9.47. The van der Waals surface area contributed by atoms with Crippen LogP contribution >= 0.6 is 15.9 Å². The van der Waals surface area contributed by atoms with Crippen molar-refractivity contribution in [3.63, 3.8) is 0 Å². The summed E-state index contributed by atoms with van der Waals surface area (Å²) in [5, 5.41) is 7.85. The number of halogens is 1. The van der Waals surface area contributed by atoms with Gasteiger partial charge in [-0.2, -0.15) is 5.10 Å². The van der Waals surface area contributed by atoms with Gasteiger partial charge >= 0.3 is 0 Å². The number of aryl methyl sites for hydroxylation is 1. The third-order valence-corrected chi connectivity index (χ3v) is 3.38. The van der Waals surface area contributed by atoms with E-state index in [9.17, 15) is 0 Å². The number of rotatable bonds is 10. The zero-order valence-corrected chi connectivity index (χ0v) is 13.6. The van der Waals surface area contributed by atoms with Crippen LogP contribution in [-0.2, 0) is 16.0 Å². The van der Waals surface area contributed by atoms with Gasteiger partial charge < -0.3 is 14.8 Å². The van der Waals surface area contributed by atoms with E-state index >= 15 is 0 Å². The molecule has 110 valence electrons. The number of nitrogens with zero attached hydrogens (tertiary/aromatic N) is 2.